The average Bonchev–Trinajstić information content (AvgIpc) is 2.87. The van der Waals surface area contributed by atoms with Crippen molar-refractivity contribution in [3.63, 3.8) is 0 Å². The topological polar surface area (TPSA) is 55.5 Å². The van der Waals surface area contributed by atoms with E-state index in [0.29, 0.717) is 0 Å². The molecule has 0 aliphatic carbocycles. The Morgan fingerprint density at radius 3 is 2.00 bits per heavy atom. The number of aliphatic hydroxyl groups is 1. The van der Waals surface area contributed by atoms with Crippen LogP contribution in [0.25, 0.3) is 0 Å². The summed E-state index contributed by atoms with van der Waals surface area (Å²) < 4.78 is 6.07. The van der Waals surface area contributed by atoms with Gasteiger partial charge >= 0.3 is 0 Å². The second kappa shape index (κ2) is 13.8. The van der Waals surface area contributed by atoms with Gasteiger partial charge in [-0.15, -0.1) is 0 Å². The predicted molar refractivity (Wildman–Crippen MR) is 150 cm³/mol. The standard InChI is InChI=1S/C32H49NO2/c1-7-31(34,8-2)20-14-15-27-16-17-28(23-25(27)5)32(9-3,10-4)29-18-19-30(26(6)24-29)35-22-13-11-12-21-33/h14,16-20,23-24,34H,7-13,15,21-22,33H2,1-6H3. The van der Waals surface area contributed by atoms with Crippen LogP contribution in [0.3, 0.4) is 0 Å². The van der Waals surface area contributed by atoms with Gasteiger partial charge in [0.05, 0.1) is 12.2 Å². The minimum Gasteiger partial charge on any atom is -0.493 e. The number of allylic oxidation sites excluding steroid dienone is 1. The number of aryl methyl sites for hydroxylation is 2. The summed E-state index contributed by atoms with van der Waals surface area (Å²) in [5, 5.41) is 10.5. The van der Waals surface area contributed by atoms with Gasteiger partial charge in [-0.3, -0.25) is 0 Å². The predicted octanol–water partition coefficient (Wildman–Crippen LogP) is 7.57. The molecule has 0 aliphatic heterocycles. The van der Waals surface area contributed by atoms with Gasteiger partial charge in [-0.1, -0.05) is 70.2 Å². The molecule has 0 spiro atoms. The van der Waals surface area contributed by atoms with E-state index in [1.807, 2.05) is 19.9 Å². The fraction of sp³-hybridized carbons (Fsp3) is 0.562. The van der Waals surface area contributed by atoms with Crippen LogP contribution < -0.4 is 10.5 Å². The summed E-state index contributed by atoms with van der Waals surface area (Å²) in [6, 6.07) is 13.7. The van der Waals surface area contributed by atoms with Crippen LogP contribution in [0.4, 0.5) is 0 Å². The molecular weight excluding hydrogens is 430 g/mol. The van der Waals surface area contributed by atoms with Crippen molar-refractivity contribution >= 4 is 0 Å². The van der Waals surface area contributed by atoms with Crippen LogP contribution in [0.15, 0.2) is 48.6 Å². The molecule has 2 rings (SSSR count). The maximum absolute atomic E-state index is 10.5. The first-order chi connectivity index (χ1) is 16.8. The van der Waals surface area contributed by atoms with Crippen molar-refractivity contribution in [2.24, 2.45) is 5.73 Å². The Bertz CT molecular complexity index is 939. The van der Waals surface area contributed by atoms with Gasteiger partial charge in [0.25, 0.3) is 0 Å². The lowest BCUT2D eigenvalue weighted by molar-refractivity contribution is 0.0826. The Kier molecular flexibility index (Phi) is 11.5. The summed E-state index contributed by atoms with van der Waals surface area (Å²) in [4.78, 5) is 0. The Morgan fingerprint density at radius 2 is 1.46 bits per heavy atom. The lowest BCUT2D eigenvalue weighted by atomic mass is 9.69. The van der Waals surface area contributed by atoms with E-state index in [1.54, 1.807) is 0 Å². The first-order valence-electron chi connectivity index (χ1n) is 13.7. The molecule has 194 valence electrons. The SMILES string of the molecule is CCC(O)(C=CCc1ccc(C(CC)(CC)c2ccc(OCCCCCN)c(C)c2)cc1C)CC. The smallest absolute Gasteiger partial charge is 0.122 e. The highest BCUT2D eigenvalue weighted by atomic mass is 16.5. The van der Waals surface area contributed by atoms with E-state index in [-0.39, 0.29) is 5.41 Å². The number of benzene rings is 2. The van der Waals surface area contributed by atoms with E-state index in [2.05, 4.69) is 70.2 Å². The highest BCUT2D eigenvalue weighted by molar-refractivity contribution is 5.47. The molecule has 0 unspecified atom stereocenters. The van der Waals surface area contributed by atoms with Crippen LogP contribution >= 0.6 is 0 Å². The molecule has 0 heterocycles. The van der Waals surface area contributed by atoms with Gasteiger partial charge in [0, 0.05) is 5.41 Å². The maximum atomic E-state index is 10.5. The molecule has 0 bridgehead atoms. The first kappa shape index (κ1) is 29.1. The van der Waals surface area contributed by atoms with E-state index in [4.69, 9.17) is 10.5 Å². The average molecular weight is 480 g/mol. The number of nitrogens with two attached hydrogens (primary N) is 1. The van der Waals surface area contributed by atoms with Gasteiger partial charge in [-0.05, 0) is 106 Å². The molecule has 35 heavy (non-hydrogen) atoms. The van der Waals surface area contributed by atoms with Crippen molar-refractivity contribution < 1.29 is 9.84 Å². The van der Waals surface area contributed by atoms with Crippen LogP contribution in [0, 0.1) is 13.8 Å². The van der Waals surface area contributed by atoms with Gasteiger partial charge in [-0.25, -0.2) is 0 Å². The largest absolute Gasteiger partial charge is 0.493 e. The highest BCUT2D eigenvalue weighted by Gasteiger charge is 2.31. The molecule has 2 aromatic rings. The van der Waals surface area contributed by atoms with Crippen molar-refractivity contribution in [1.82, 2.24) is 0 Å². The van der Waals surface area contributed by atoms with E-state index >= 15 is 0 Å². The third-order valence-corrected chi connectivity index (χ3v) is 7.93. The van der Waals surface area contributed by atoms with Gasteiger partial charge in [-0.2, -0.15) is 0 Å². The Hall–Kier alpha value is -2.10. The Labute approximate surface area is 214 Å². The van der Waals surface area contributed by atoms with Crippen LogP contribution in [-0.4, -0.2) is 23.9 Å². The quantitative estimate of drug-likeness (QED) is 0.205. The van der Waals surface area contributed by atoms with Gasteiger partial charge in [0.1, 0.15) is 5.75 Å². The molecule has 0 fully saturated rings. The summed E-state index contributed by atoms with van der Waals surface area (Å²) in [6.45, 7) is 14.5. The summed E-state index contributed by atoms with van der Waals surface area (Å²) >= 11 is 0. The number of hydrogen-bond acceptors (Lipinski definition) is 3. The Morgan fingerprint density at radius 1 is 0.829 bits per heavy atom. The van der Waals surface area contributed by atoms with Crippen LogP contribution in [0.5, 0.6) is 5.75 Å². The van der Waals surface area contributed by atoms with Gasteiger partial charge in [0.2, 0.25) is 0 Å². The zero-order valence-corrected chi connectivity index (χ0v) is 23.1. The minimum atomic E-state index is -0.689. The zero-order valence-electron chi connectivity index (χ0n) is 23.1. The number of hydrogen-bond donors (Lipinski definition) is 2. The first-order valence-corrected chi connectivity index (χ1v) is 13.7. The van der Waals surface area contributed by atoms with Crippen LogP contribution in [-0.2, 0) is 11.8 Å². The molecule has 0 saturated carbocycles. The molecule has 0 aromatic heterocycles. The van der Waals surface area contributed by atoms with Crippen LogP contribution in [0.2, 0.25) is 0 Å². The van der Waals surface area contributed by atoms with Crippen molar-refractivity contribution in [2.75, 3.05) is 13.2 Å². The van der Waals surface area contributed by atoms with E-state index in [0.717, 1.165) is 70.3 Å². The maximum Gasteiger partial charge on any atom is 0.122 e. The molecule has 3 heteroatoms. The molecule has 0 amide bonds. The molecule has 0 atom stereocenters. The van der Waals surface area contributed by atoms with Gasteiger partial charge < -0.3 is 15.6 Å². The number of unbranched alkanes of at least 4 members (excludes halogenated alkanes) is 2. The molecule has 0 radical (unpaired) electrons. The van der Waals surface area contributed by atoms with Crippen molar-refractivity contribution in [2.45, 2.75) is 104 Å². The number of rotatable bonds is 15. The second-order valence-electron chi connectivity index (χ2n) is 10.0. The lowest BCUT2D eigenvalue weighted by Crippen LogP contribution is -2.26. The second-order valence-corrected chi connectivity index (χ2v) is 10.0. The van der Waals surface area contributed by atoms with Crippen molar-refractivity contribution in [1.29, 1.82) is 0 Å². The van der Waals surface area contributed by atoms with E-state index < -0.39 is 5.60 Å². The summed E-state index contributed by atoms with van der Waals surface area (Å²) in [5.74, 6) is 0.986. The third kappa shape index (κ3) is 7.44. The molecule has 2 aromatic carbocycles. The van der Waals surface area contributed by atoms with E-state index in [9.17, 15) is 5.11 Å². The zero-order chi connectivity index (χ0) is 25.9. The Balaban J connectivity index is 2.25. The fourth-order valence-electron chi connectivity index (χ4n) is 5.06. The molecule has 0 aliphatic rings. The molecule has 0 saturated heterocycles. The third-order valence-electron chi connectivity index (χ3n) is 7.93. The van der Waals surface area contributed by atoms with Crippen molar-refractivity contribution in [3.05, 3.63) is 76.4 Å². The van der Waals surface area contributed by atoms with Crippen molar-refractivity contribution in [3.8, 4) is 5.75 Å². The molecular formula is C32H49NO2. The minimum absolute atomic E-state index is 0.0196. The lowest BCUT2D eigenvalue weighted by Gasteiger charge is -2.34. The highest BCUT2D eigenvalue weighted by Crippen LogP contribution is 2.41. The summed E-state index contributed by atoms with van der Waals surface area (Å²) in [7, 11) is 0. The van der Waals surface area contributed by atoms with E-state index in [1.165, 1.54) is 27.8 Å². The summed E-state index contributed by atoms with van der Waals surface area (Å²) in [6.07, 6.45) is 11.7. The molecule has 3 N–H and O–H groups in total. The number of ether oxygens (including phenoxy) is 1. The monoisotopic (exact) mass is 479 g/mol. The fourth-order valence-corrected chi connectivity index (χ4v) is 5.06. The van der Waals surface area contributed by atoms with Crippen LogP contribution in [0.1, 0.15) is 100 Å². The normalized spacial score (nSPS) is 12.5. The molecule has 3 nitrogen and oxygen atoms in total. The van der Waals surface area contributed by atoms with Gasteiger partial charge in [0.15, 0.2) is 0 Å². The summed E-state index contributed by atoms with van der Waals surface area (Å²) in [5.41, 5.74) is 11.4.